The number of carbonyl (C=O) groups is 1. The van der Waals surface area contributed by atoms with E-state index in [4.69, 9.17) is 5.53 Å². The summed E-state index contributed by atoms with van der Waals surface area (Å²) in [6.45, 7) is 0.764. The molecule has 0 amide bonds. The molecule has 0 aromatic carbocycles. The van der Waals surface area contributed by atoms with Crippen molar-refractivity contribution in [1.29, 1.82) is 0 Å². The van der Waals surface area contributed by atoms with E-state index in [0.29, 0.717) is 19.6 Å². The van der Waals surface area contributed by atoms with E-state index in [9.17, 15) is 4.79 Å². The van der Waals surface area contributed by atoms with E-state index in [2.05, 4.69) is 14.8 Å². The molecule has 0 spiro atoms. The predicted molar refractivity (Wildman–Crippen MR) is 33.1 cm³/mol. The average Bonchev–Trinajstić information content (AvgIpc) is 2.31. The van der Waals surface area contributed by atoms with Gasteiger partial charge in [-0.2, -0.15) is 0 Å². The molecule has 0 aromatic rings. The van der Waals surface area contributed by atoms with Crippen LogP contribution in [0.5, 0.6) is 0 Å². The van der Waals surface area contributed by atoms with Crippen molar-refractivity contribution in [2.45, 2.75) is 6.42 Å². The zero-order valence-corrected chi connectivity index (χ0v) is 5.36. The SMILES string of the molecule is [N-]=[N+]=NC[C@H]1COC(=O)C1. The first-order chi connectivity index (χ1) is 4.83. The lowest BCUT2D eigenvalue weighted by molar-refractivity contribution is -0.137. The van der Waals surface area contributed by atoms with Crippen LogP contribution in [-0.2, 0) is 9.53 Å². The Morgan fingerprint density at radius 2 is 2.70 bits per heavy atom. The summed E-state index contributed by atoms with van der Waals surface area (Å²) in [5.74, 6) is -0.0958. The van der Waals surface area contributed by atoms with Crippen molar-refractivity contribution < 1.29 is 9.53 Å². The zero-order valence-electron chi connectivity index (χ0n) is 5.36. The van der Waals surface area contributed by atoms with E-state index < -0.39 is 0 Å². The summed E-state index contributed by atoms with van der Waals surface area (Å²) in [5.41, 5.74) is 7.93. The molecule has 1 saturated heterocycles. The van der Waals surface area contributed by atoms with Crippen LogP contribution in [0.4, 0.5) is 0 Å². The topological polar surface area (TPSA) is 75.1 Å². The van der Waals surface area contributed by atoms with E-state index in [1.54, 1.807) is 0 Å². The molecular formula is C5H7N3O2. The van der Waals surface area contributed by atoms with Gasteiger partial charge in [0.1, 0.15) is 0 Å². The van der Waals surface area contributed by atoms with Crippen molar-refractivity contribution in [3.63, 3.8) is 0 Å². The van der Waals surface area contributed by atoms with Crippen LogP contribution in [0.1, 0.15) is 6.42 Å². The summed E-state index contributed by atoms with van der Waals surface area (Å²) in [4.78, 5) is 13.0. The number of ether oxygens (including phenoxy) is 1. The highest BCUT2D eigenvalue weighted by molar-refractivity contribution is 5.71. The number of rotatable bonds is 2. The Balaban J connectivity index is 2.31. The maximum atomic E-state index is 10.5. The molecule has 0 saturated carbocycles. The van der Waals surface area contributed by atoms with E-state index in [1.807, 2.05) is 0 Å². The smallest absolute Gasteiger partial charge is 0.306 e. The summed E-state index contributed by atoms with van der Waals surface area (Å²) < 4.78 is 4.64. The second kappa shape index (κ2) is 3.08. The summed E-state index contributed by atoms with van der Waals surface area (Å²) in [7, 11) is 0. The Bertz CT molecular complexity index is 185. The highest BCUT2D eigenvalue weighted by Crippen LogP contribution is 2.13. The Hall–Kier alpha value is -1.22. The van der Waals surface area contributed by atoms with E-state index >= 15 is 0 Å². The summed E-state index contributed by atoms with van der Waals surface area (Å²) in [6, 6.07) is 0. The fourth-order valence-electron chi connectivity index (χ4n) is 0.834. The molecule has 1 rings (SSSR count). The van der Waals surface area contributed by atoms with Gasteiger partial charge in [-0.3, -0.25) is 4.79 Å². The second-order valence-electron chi connectivity index (χ2n) is 2.17. The van der Waals surface area contributed by atoms with Crippen molar-refractivity contribution in [1.82, 2.24) is 0 Å². The lowest BCUT2D eigenvalue weighted by Gasteiger charge is -1.95. The molecule has 0 unspecified atom stereocenters. The summed E-state index contributed by atoms with van der Waals surface area (Å²) in [6.07, 6.45) is 0.388. The lowest BCUT2D eigenvalue weighted by Crippen LogP contribution is -2.02. The molecule has 10 heavy (non-hydrogen) atoms. The number of hydrogen-bond donors (Lipinski definition) is 0. The van der Waals surface area contributed by atoms with Gasteiger partial charge in [0.2, 0.25) is 0 Å². The molecule has 5 nitrogen and oxygen atoms in total. The molecule has 1 heterocycles. The van der Waals surface area contributed by atoms with Gasteiger partial charge in [0.25, 0.3) is 0 Å². The molecule has 1 atom stereocenters. The molecule has 0 radical (unpaired) electrons. The van der Waals surface area contributed by atoms with Crippen LogP contribution in [-0.4, -0.2) is 19.1 Å². The van der Waals surface area contributed by atoms with Gasteiger partial charge in [-0.25, -0.2) is 0 Å². The van der Waals surface area contributed by atoms with Crippen LogP contribution in [0.2, 0.25) is 0 Å². The fourth-order valence-corrected chi connectivity index (χ4v) is 0.834. The molecule has 0 aromatic heterocycles. The second-order valence-corrected chi connectivity index (χ2v) is 2.17. The normalized spacial score (nSPS) is 23.6. The Kier molecular flexibility index (Phi) is 2.12. The maximum absolute atomic E-state index is 10.5. The van der Waals surface area contributed by atoms with Crippen LogP contribution in [0.3, 0.4) is 0 Å². The van der Waals surface area contributed by atoms with Crippen molar-refractivity contribution in [3.8, 4) is 0 Å². The molecule has 5 heteroatoms. The van der Waals surface area contributed by atoms with E-state index in [1.165, 1.54) is 0 Å². The lowest BCUT2D eigenvalue weighted by atomic mass is 10.1. The largest absolute Gasteiger partial charge is 0.465 e. The zero-order chi connectivity index (χ0) is 7.40. The van der Waals surface area contributed by atoms with Gasteiger partial charge in [-0.1, -0.05) is 5.11 Å². The third-order valence-corrected chi connectivity index (χ3v) is 1.34. The minimum Gasteiger partial charge on any atom is -0.465 e. The minimum absolute atomic E-state index is 0.100. The van der Waals surface area contributed by atoms with Crippen LogP contribution in [0, 0.1) is 5.92 Å². The standard InChI is InChI=1S/C5H7N3O2/c6-8-7-2-4-1-5(9)10-3-4/h4H,1-3H2/t4-/m0/s1. The van der Waals surface area contributed by atoms with Gasteiger partial charge in [0.15, 0.2) is 0 Å². The first kappa shape index (κ1) is 6.89. The van der Waals surface area contributed by atoms with Crippen molar-refractivity contribution in [3.05, 3.63) is 10.4 Å². The monoisotopic (exact) mass is 141 g/mol. The number of azide groups is 1. The third kappa shape index (κ3) is 1.63. The number of esters is 1. The molecule has 0 N–H and O–H groups in total. The van der Waals surface area contributed by atoms with E-state index in [0.717, 1.165) is 0 Å². The molecule has 1 aliphatic heterocycles. The number of carbonyl (C=O) groups excluding carboxylic acids is 1. The Morgan fingerprint density at radius 3 is 3.20 bits per heavy atom. The third-order valence-electron chi connectivity index (χ3n) is 1.34. The van der Waals surface area contributed by atoms with Crippen LogP contribution < -0.4 is 0 Å². The molecular weight excluding hydrogens is 134 g/mol. The highest BCUT2D eigenvalue weighted by atomic mass is 16.5. The molecule has 1 aliphatic rings. The summed E-state index contributed by atoms with van der Waals surface area (Å²) in [5, 5.41) is 3.34. The van der Waals surface area contributed by atoms with Crippen molar-refractivity contribution in [2.24, 2.45) is 11.0 Å². The summed E-state index contributed by atoms with van der Waals surface area (Å²) >= 11 is 0. The van der Waals surface area contributed by atoms with Crippen LogP contribution >= 0.6 is 0 Å². The number of cyclic esters (lactones) is 1. The van der Waals surface area contributed by atoms with Gasteiger partial charge < -0.3 is 4.74 Å². The quantitative estimate of drug-likeness (QED) is 0.247. The molecule has 1 fully saturated rings. The Labute approximate surface area is 57.6 Å². The van der Waals surface area contributed by atoms with Gasteiger partial charge in [-0.15, -0.1) is 0 Å². The van der Waals surface area contributed by atoms with Gasteiger partial charge >= 0.3 is 5.97 Å². The fraction of sp³-hybridized carbons (Fsp3) is 0.800. The van der Waals surface area contributed by atoms with Crippen molar-refractivity contribution >= 4 is 5.97 Å². The predicted octanol–water partition coefficient (Wildman–Crippen LogP) is 0.860. The average molecular weight is 141 g/mol. The molecule has 0 aliphatic carbocycles. The van der Waals surface area contributed by atoms with Gasteiger partial charge in [0, 0.05) is 17.4 Å². The van der Waals surface area contributed by atoms with Crippen molar-refractivity contribution in [2.75, 3.05) is 13.2 Å². The Morgan fingerprint density at radius 1 is 1.90 bits per heavy atom. The number of hydrogen-bond acceptors (Lipinski definition) is 3. The molecule has 54 valence electrons. The number of nitrogens with zero attached hydrogens (tertiary/aromatic N) is 3. The van der Waals surface area contributed by atoms with Crippen LogP contribution in [0.25, 0.3) is 10.4 Å². The molecule has 0 bridgehead atoms. The first-order valence-electron chi connectivity index (χ1n) is 2.99. The van der Waals surface area contributed by atoms with E-state index in [-0.39, 0.29) is 11.9 Å². The highest BCUT2D eigenvalue weighted by Gasteiger charge is 2.22. The maximum Gasteiger partial charge on any atom is 0.306 e. The van der Waals surface area contributed by atoms with Gasteiger partial charge in [0.05, 0.1) is 13.0 Å². The minimum atomic E-state index is -0.196. The van der Waals surface area contributed by atoms with Crippen LogP contribution in [0.15, 0.2) is 5.11 Å². The van der Waals surface area contributed by atoms with Gasteiger partial charge in [-0.05, 0) is 5.53 Å². The first-order valence-corrected chi connectivity index (χ1v) is 2.99.